The van der Waals surface area contributed by atoms with Crippen molar-refractivity contribution in [2.45, 2.75) is 37.8 Å². The maximum atomic E-state index is 12.8. The summed E-state index contributed by atoms with van der Waals surface area (Å²) >= 11 is 6.91. The van der Waals surface area contributed by atoms with Crippen LogP contribution >= 0.6 is 11.6 Å². The smallest absolute Gasteiger partial charge is 0.251 e. The summed E-state index contributed by atoms with van der Waals surface area (Å²) in [6, 6.07) is 4.01. The van der Waals surface area contributed by atoms with Crippen LogP contribution < -0.4 is 15.5 Å². The van der Waals surface area contributed by atoms with Gasteiger partial charge >= 0.3 is 0 Å². The van der Waals surface area contributed by atoms with E-state index < -0.39 is 0 Å². The SMILES string of the molecule is N=Cc1cc(Nc2nc(NC3CC3)c3ncc(C=N)n3n2)c(Cl)c(N2CCN(C(=O)C3CCCO3)CC2)c1. The summed E-state index contributed by atoms with van der Waals surface area (Å²) in [4.78, 5) is 25.8. The fraction of sp³-hybridized carbons (Fsp3) is 0.440. The monoisotopic (exact) mass is 536 g/mol. The van der Waals surface area contributed by atoms with Crippen LogP contribution in [0.4, 0.5) is 23.1 Å². The van der Waals surface area contributed by atoms with Gasteiger partial charge in [-0.05, 0) is 43.4 Å². The number of halogens is 1. The molecule has 1 aromatic carbocycles. The molecule has 1 amide bonds. The zero-order chi connectivity index (χ0) is 26.2. The van der Waals surface area contributed by atoms with Crippen LogP contribution in [0, 0.1) is 10.8 Å². The van der Waals surface area contributed by atoms with Gasteiger partial charge in [0.05, 0.1) is 22.6 Å². The topological polar surface area (TPSA) is 148 Å². The number of fused-ring (bicyclic) bond motifs is 1. The van der Waals surface area contributed by atoms with E-state index in [0.717, 1.165) is 31.4 Å². The number of amides is 1. The van der Waals surface area contributed by atoms with Crippen molar-refractivity contribution in [3.8, 4) is 0 Å². The molecule has 3 aromatic rings. The highest BCUT2D eigenvalue weighted by molar-refractivity contribution is 6.36. The van der Waals surface area contributed by atoms with Gasteiger partial charge in [0, 0.05) is 51.3 Å². The molecule has 2 saturated heterocycles. The number of carbonyl (C=O) groups excluding carboxylic acids is 1. The van der Waals surface area contributed by atoms with E-state index in [0.29, 0.717) is 78.2 Å². The Morgan fingerprint density at radius 1 is 1.13 bits per heavy atom. The first-order valence-electron chi connectivity index (χ1n) is 12.8. The molecule has 38 heavy (non-hydrogen) atoms. The number of imidazole rings is 1. The largest absolute Gasteiger partial charge is 0.368 e. The van der Waals surface area contributed by atoms with Crippen LogP contribution in [0.15, 0.2) is 18.3 Å². The molecule has 3 aliphatic rings. The average Bonchev–Trinajstić information content (AvgIpc) is 3.40. The molecule has 0 bridgehead atoms. The minimum Gasteiger partial charge on any atom is -0.368 e. The first-order valence-corrected chi connectivity index (χ1v) is 13.2. The third-order valence-electron chi connectivity index (χ3n) is 7.08. The number of ether oxygens (including phenoxy) is 1. The molecule has 4 heterocycles. The molecule has 0 radical (unpaired) electrons. The molecule has 6 rings (SSSR count). The minimum atomic E-state index is -0.317. The summed E-state index contributed by atoms with van der Waals surface area (Å²) in [7, 11) is 0. The normalized spacial score (nSPS) is 19.6. The van der Waals surface area contributed by atoms with E-state index in [1.807, 2.05) is 11.0 Å². The third-order valence-corrected chi connectivity index (χ3v) is 7.48. The van der Waals surface area contributed by atoms with Crippen molar-refractivity contribution in [3.05, 3.63) is 34.6 Å². The molecule has 1 aliphatic carbocycles. The average molecular weight is 537 g/mol. The number of hydrogen-bond acceptors (Lipinski definition) is 10. The standard InChI is InChI=1S/C25H29ClN10O2/c26-21-18(31-25-32-22(30-16-3-4-16)23-29-14-17(13-28)36(23)33-25)10-15(12-27)11-19(21)34-5-7-35(8-6-34)24(37)20-2-1-9-38-20/h10-14,16,20,27-28H,1-9H2,(H2,30,31,32,33). The van der Waals surface area contributed by atoms with Gasteiger partial charge in [0.2, 0.25) is 5.95 Å². The highest BCUT2D eigenvalue weighted by Crippen LogP contribution is 2.36. The van der Waals surface area contributed by atoms with E-state index in [9.17, 15) is 4.79 Å². The second-order valence-corrected chi connectivity index (χ2v) is 10.1. The fourth-order valence-corrected chi connectivity index (χ4v) is 5.14. The summed E-state index contributed by atoms with van der Waals surface area (Å²) in [5.74, 6) is 0.948. The van der Waals surface area contributed by atoms with E-state index in [2.05, 4.69) is 30.6 Å². The van der Waals surface area contributed by atoms with Gasteiger partial charge < -0.3 is 36.0 Å². The summed E-state index contributed by atoms with van der Waals surface area (Å²) in [6.07, 6.45) is 7.59. The first-order chi connectivity index (χ1) is 18.5. The van der Waals surface area contributed by atoms with Crippen LogP contribution in [0.3, 0.4) is 0 Å². The summed E-state index contributed by atoms with van der Waals surface area (Å²) in [5, 5.41) is 27.2. The molecule has 1 atom stereocenters. The van der Waals surface area contributed by atoms with Gasteiger partial charge in [0.25, 0.3) is 5.91 Å². The molecule has 198 valence electrons. The van der Waals surface area contributed by atoms with Crippen molar-refractivity contribution < 1.29 is 9.53 Å². The maximum absolute atomic E-state index is 12.8. The van der Waals surface area contributed by atoms with E-state index in [1.165, 1.54) is 12.4 Å². The molecule has 2 aliphatic heterocycles. The lowest BCUT2D eigenvalue weighted by Crippen LogP contribution is -2.51. The van der Waals surface area contributed by atoms with Crippen LogP contribution in [-0.2, 0) is 9.53 Å². The number of carbonyl (C=O) groups is 1. The fourth-order valence-electron chi connectivity index (χ4n) is 4.87. The Bertz CT molecular complexity index is 1390. The summed E-state index contributed by atoms with van der Waals surface area (Å²) in [5.41, 5.74) is 3.09. The number of rotatable bonds is 8. The highest BCUT2D eigenvalue weighted by Gasteiger charge is 2.31. The molecule has 1 unspecified atom stereocenters. The summed E-state index contributed by atoms with van der Waals surface area (Å²) in [6.45, 7) is 3.05. The molecule has 12 nitrogen and oxygen atoms in total. The van der Waals surface area contributed by atoms with Crippen molar-refractivity contribution in [1.29, 1.82) is 10.8 Å². The predicted octanol–water partition coefficient (Wildman–Crippen LogP) is 2.92. The first kappa shape index (κ1) is 24.6. The number of nitrogens with one attached hydrogen (secondary N) is 4. The van der Waals surface area contributed by atoms with Gasteiger partial charge in [-0.2, -0.15) is 4.98 Å². The molecule has 4 N–H and O–H groups in total. The van der Waals surface area contributed by atoms with Gasteiger partial charge in [-0.1, -0.05) is 11.6 Å². The second-order valence-electron chi connectivity index (χ2n) is 9.75. The number of anilines is 4. The molecular weight excluding hydrogens is 508 g/mol. The van der Waals surface area contributed by atoms with Gasteiger partial charge in [-0.15, -0.1) is 5.10 Å². The van der Waals surface area contributed by atoms with Crippen LogP contribution in [0.2, 0.25) is 5.02 Å². The van der Waals surface area contributed by atoms with Crippen molar-refractivity contribution >= 4 is 58.7 Å². The number of piperazine rings is 1. The molecular formula is C25H29ClN10O2. The number of benzene rings is 1. The lowest BCUT2D eigenvalue weighted by atomic mass is 10.1. The number of aromatic nitrogens is 4. The van der Waals surface area contributed by atoms with Crippen LogP contribution in [0.1, 0.15) is 36.9 Å². The Hall–Kier alpha value is -3.77. The lowest BCUT2D eigenvalue weighted by Gasteiger charge is -2.37. The van der Waals surface area contributed by atoms with Crippen molar-refractivity contribution in [3.63, 3.8) is 0 Å². The lowest BCUT2D eigenvalue weighted by molar-refractivity contribution is -0.141. The van der Waals surface area contributed by atoms with E-state index in [1.54, 1.807) is 16.8 Å². The Morgan fingerprint density at radius 2 is 1.95 bits per heavy atom. The van der Waals surface area contributed by atoms with Crippen LogP contribution in [0.5, 0.6) is 0 Å². The molecule has 13 heteroatoms. The van der Waals surface area contributed by atoms with Gasteiger partial charge in [-0.25, -0.2) is 9.50 Å². The Morgan fingerprint density at radius 3 is 2.63 bits per heavy atom. The van der Waals surface area contributed by atoms with Crippen LogP contribution in [-0.4, -0.2) is 87.8 Å². The van der Waals surface area contributed by atoms with E-state index in [4.69, 9.17) is 27.2 Å². The van der Waals surface area contributed by atoms with Crippen molar-refractivity contribution in [2.75, 3.05) is 48.3 Å². The van der Waals surface area contributed by atoms with Crippen molar-refractivity contribution in [1.82, 2.24) is 24.5 Å². The molecule has 0 spiro atoms. The second kappa shape index (κ2) is 10.2. The predicted molar refractivity (Wildman–Crippen MR) is 146 cm³/mol. The highest BCUT2D eigenvalue weighted by atomic mass is 35.5. The van der Waals surface area contributed by atoms with Crippen molar-refractivity contribution in [2.24, 2.45) is 0 Å². The van der Waals surface area contributed by atoms with Gasteiger partial charge in [0.1, 0.15) is 11.8 Å². The zero-order valence-electron chi connectivity index (χ0n) is 20.8. The zero-order valence-corrected chi connectivity index (χ0v) is 21.5. The maximum Gasteiger partial charge on any atom is 0.251 e. The van der Waals surface area contributed by atoms with Gasteiger partial charge in [-0.3, -0.25) is 4.79 Å². The quantitative estimate of drug-likeness (QED) is 0.321. The number of hydrogen-bond donors (Lipinski definition) is 4. The Kier molecular flexibility index (Phi) is 6.58. The molecule has 1 saturated carbocycles. The number of nitrogens with zero attached hydrogens (tertiary/aromatic N) is 6. The van der Waals surface area contributed by atoms with Gasteiger partial charge in [0.15, 0.2) is 11.5 Å². The Labute approximate surface area is 224 Å². The van der Waals surface area contributed by atoms with E-state index in [-0.39, 0.29) is 12.0 Å². The molecule has 3 fully saturated rings. The Balaban J connectivity index is 1.26. The third kappa shape index (κ3) is 4.76. The van der Waals surface area contributed by atoms with E-state index >= 15 is 0 Å². The minimum absolute atomic E-state index is 0.0655. The van der Waals surface area contributed by atoms with Crippen LogP contribution in [0.25, 0.3) is 5.65 Å². The summed E-state index contributed by atoms with van der Waals surface area (Å²) < 4.78 is 7.15. The molecule has 2 aromatic heterocycles.